The van der Waals surface area contributed by atoms with E-state index in [1.807, 2.05) is 18.2 Å². The lowest BCUT2D eigenvalue weighted by Crippen LogP contribution is -2.61. The highest BCUT2D eigenvalue weighted by molar-refractivity contribution is 5.82. The fourth-order valence-corrected chi connectivity index (χ4v) is 4.88. The third kappa shape index (κ3) is 4.28. The topological polar surface area (TPSA) is 35.6 Å². The van der Waals surface area contributed by atoms with E-state index >= 15 is 0 Å². The van der Waals surface area contributed by atoms with Gasteiger partial charge in [-0.05, 0) is 48.6 Å². The number of carbonyl (C=O) groups is 1. The zero-order valence-corrected chi connectivity index (χ0v) is 17.2. The third-order valence-corrected chi connectivity index (χ3v) is 6.63. The van der Waals surface area contributed by atoms with E-state index < -0.39 is 11.7 Å². The number of amides is 1. The van der Waals surface area contributed by atoms with Gasteiger partial charge in [-0.15, -0.1) is 0 Å². The minimum absolute atomic E-state index is 0.0258. The second kappa shape index (κ2) is 7.86. The molecule has 0 spiro atoms. The number of hydrogen-bond donors (Lipinski definition) is 1. The number of anilines is 1. The van der Waals surface area contributed by atoms with Gasteiger partial charge < -0.3 is 10.2 Å². The van der Waals surface area contributed by atoms with Gasteiger partial charge in [-0.2, -0.15) is 13.2 Å². The van der Waals surface area contributed by atoms with Gasteiger partial charge in [0.25, 0.3) is 0 Å². The fourth-order valence-electron chi connectivity index (χ4n) is 4.88. The molecule has 2 aromatic rings. The largest absolute Gasteiger partial charge is 0.416 e. The summed E-state index contributed by atoms with van der Waals surface area (Å²) in [7, 11) is 0. The second-order valence-electron chi connectivity index (χ2n) is 8.92. The van der Waals surface area contributed by atoms with Gasteiger partial charge in [-0.3, -0.25) is 9.69 Å². The number of nitrogens with one attached hydrogen (secondary N) is 1. The lowest BCUT2D eigenvalue weighted by atomic mass is 9.82. The molecule has 3 aliphatic rings. The van der Waals surface area contributed by atoms with E-state index in [0.717, 1.165) is 44.2 Å². The minimum Gasteiger partial charge on any atom is -0.365 e. The molecule has 0 aromatic heterocycles. The summed E-state index contributed by atoms with van der Waals surface area (Å²) in [6.07, 6.45) is -2.06. The smallest absolute Gasteiger partial charge is 0.365 e. The van der Waals surface area contributed by atoms with Crippen LogP contribution in [0.2, 0.25) is 0 Å². The van der Waals surface area contributed by atoms with Gasteiger partial charge in [-0.25, -0.2) is 0 Å². The van der Waals surface area contributed by atoms with Crippen molar-refractivity contribution in [1.82, 2.24) is 10.2 Å². The Kier molecular flexibility index (Phi) is 5.16. The van der Waals surface area contributed by atoms with Crippen LogP contribution in [-0.2, 0) is 23.9 Å². The average molecular weight is 429 g/mol. The maximum Gasteiger partial charge on any atom is 0.416 e. The molecular weight excluding hydrogens is 403 g/mol. The quantitative estimate of drug-likeness (QED) is 0.802. The fraction of sp³-hybridized carbons (Fsp3) is 0.458. The van der Waals surface area contributed by atoms with Gasteiger partial charge >= 0.3 is 6.18 Å². The van der Waals surface area contributed by atoms with Crippen LogP contribution in [0.4, 0.5) is 18.9 Å². The Balaban J connectivity index is 1.42. The predicted molar refractivity (Wildman–Crippen MR) is 113 cm³/mol. The first-order valence-electron chi connectivity index (χ1n) is 10.9. The number of alkyl halides is 3. The molecule has 2 aromatic carbocycles. The summed E-state index contributed by atoms with van der Waals surface area (Å²) in [5, 5.41) is 3.09. The maximum absolute atomic E-state index is 13.3. The van der Waals surface area contributed by atoms with E-state index in [9.17, 15) is 18.0 Å². The van der Waals surface area contributed by atoms with Crippen LogP contribution in [0.1, 0.15) is 29.5 Å². The Bertz CT molecular complexity index is 958. The molecule has 1 aliphatic carbocycles. The third-order valence-electron chi connectivity index (χ3n) is 6.63. The van der Waals surface area contributed by atoms with Crippen molar-refractivity contribution in [1.29, 1.82) is 0 Å². The molecule has 4 nitrogen and oxygen atoms in total. The summed E-state index contributed by atoms with van der Waals surface area (Å²) in [5.74, 6) is -0.378. The van der Waals surface area contributed by atoms with Crippen LogP contribution in [0.25, 0.3) is 0 Å². The molecule has 164 valence electrons. The molecule has 1 saturated carbocycles. The number of nitrogens with zero attached hydrogens (tertiary/aromatic N) is 2. The van der Waals surface area contributed by atoms with Crippen LogP contribution in [0.3, 0.4) is 0 Å². The first-order chi connectivity index (χ1) is 14.9. The van der Waals surface area contributed by atoms with Crippen LogP contribution in [0.15, 0.2) is 48.5 Å². The molecule has 31 heavy (non-hydrogen) atoms. The summed E-state index contributed by atoms with van der Waals surface area (Å²) in [4.78, 5) is 17.6. The molecule has 1 amide bonds. The maximum atomic E-state index is 13.3. The van der Waals surface area contributed by atoms with E-state index in [1.54, 1.807) is 6.07 Å². The van der Waals surface area contributed by atoms with E-state index in [-0.39, 0.29) is 23.9 Å². The Morgan fingerprint density at radius 1 is 1.06 bits per heavy atom. The molecule has 7 heteroatoms. The number of benzene rings is 2. The molecule has 2 aliphatic heterocycles. The predicted octanol–water partition coefficient (Wildman–Crippen LogP) is 3.85. The van der Waals surface area contributed by atoms with Crippen molar-refractivity contribution in [2.75, 3.05) is 24.5 Å². The number of piperazine rings is 1. The summed E-state index contributed by atoms with van der Waals surface area (Å²) in [6.45, 7) is 3.03. The lowest BCUT2D eigenvalue weighted by Gasteiger charge is -2.49. The molecule has 2 fully saturated rings. The highest BCUT2D eigenvalue weighted by Gasteiger charge is 2.43. The summed E-state index contributed by atoms with van der Waals surface area (Å²) < 4.78 is 39.9. The average Bonchev–Trinajstić information content (AvgIpc) is 3.56. The zero-order valence-electron chi connectivity index (χ0n) is 17.2. The summed E-state index contributed by atoms with van der Waals surface area (Å²) in [6, 6.07) is 14.4. The Morgan fingerprint density at radius 2 is 1.84 bits per heavy atom. The van der Waals surface area contributed by atoms with Crippen molar-refractivity contribution in [3.63, 3.8) is 0 Å². The van der Waals surface area contributed by atoms with Gasteiger partial charge in [0.1, 0.15) is 0 Å². The number of halogens is 3. The standard InChI is InChI=1S/C24H26F3N3O/c25-24(26,27)18-6-9-21-17(12-18)13-20(23(31)28-19-7-8-19)22-15-29(10-11-30(21)22)14-16-4-2-1-3-5-16/h1-6,9,12,19-20,22H,7-8,10-11,13-15H2,(H,28,31)/t20-,22+/m0/s1. The Morgan fingerprint density at radius 3 is 2.55 bits per heavy atom. The van der Waals surface area contributed by atoms with Gasteiger partial charge in [0.05, 0.1) is 17.5 Å². The van der Waals surface area contributed by atoms with E-state index in [0.29, 0.717) is 18.5 Å². The van der Waals surface area contributed by atoms with Crippen molar-refractivity contribution >= 4 is 11.6 Å². The molecule has 2 atom stereocenters. The number of fused-ring (bicyclic) bond motifs is 3. The summed E-state index contributed by atoms with van der Waals surface area (Å²) >= 11 is 0. The molecule has 1 saturated heterocycles. The Hall–Kier alpha value is -2.54. The van der Waals surface area contributed by atoms with Gasteiger partial charge in [0.2, 0.25) is 5.91 Å². The molecule has 0 unspecified atom stereocenters. The normalized spacial score (nSPS) is 23.8. The van der Waals surface area contributed by atoms with Crippen LogP contribution in [0, 0.1) is 5.92 Å². The highest BCUT2D eigenvalue weighted by atomic mass is 19.4. The van der Waals surface area contributed by atoms with Gasteiger partial charge in [-0.1, -0.05) is 30.3 Å². The monoisotopic (exact) mass is 429 g/mol. The second-order valence-corrected chi connectivity index (χ2v) is 8.92. The zero-order chi connectivity index (χ0) is 21.6. The summed E-state index contributed by atoms with van der Waals surface area (Å²) in [5.41, 5.74) is 2.04. The van der Waals surface area contributed by atoms with Crippen LogP contribution >= 0.6 is 0 Å². The first-order valence-corrected chi connectivity index (χ1v) is 10.9. The van der Waals surface area contributed by atoms with Gasteiger partial charge in [0.15, 0.2) is 0 Å². The van der Waals surface area contributed by atoms with Crippen molar-refractivity contribution in [2.24, 2.45) is 5.92 Å². The first kappa shape index (κ1) is 20.4. The number of carbonyl (C=O) groups excluding carboxylic acids is 1. The SMILES string of the molecule is O=C(NC1CC1)[C@H]1Cc2cc(C(F)(F)F)ccc2N2CCN(Cc3ccccc3)C[C@H]12. The van der Waals surface area contributed by atoms with Crippen molar-refractivity contribution in [2.45, 2.75) is 44.1 Å². The molecule has 2 heterocycles. The highest BCUT2D eigenvalue weighted by Crippen LogP contribution is 2.40. The van der Waals surface area contributed by atoms with Crippen molar-refractivity contribution in [3.8, 4) is 0 Å². The van der Waals surface area contributed by atoms with Crippen LogP contribution in [-0.4, -0.2) is 42.5 Å². The molecule has 0 radical (unpaired) electrons. The van der Waals surface area contributed by atoms with Gasteiger partial charge in [0, 0.05) is 37.9 Å². The van der Waals surface area contributed by atoms with Crippen molar-refractivity contribution < 1.29 is 18.0 Å². The molecule has 1 N–H and O–H groups in total. The minimum atomic E-state index is -4.38. The van der Waals surface area contributed by atoms with Crippen molar-refractivity contribution in [3.05, 3.63) is 65.2 Å². The molecule has 0 bridgehead atoms. The number of rotatable bonds is 4. The van der Waals surface area contributed by atoms with Crippen LogP contribution in [0.5, 0.6) is 0 Å². The van der Waals surface area contributed by atoms with E-state index in [1.165, 1.54) is 11.6 Å². The number of hydrogen-bond acceptors (Lipinski definition) is 3. The molecule has 5 rings (SSSR count). The van der Waals surface area contributed by atoms with E-state index in [4.69, 9.17) is 0 Å². The Labute approximate surface area is 180 Å². The molecular formula is C24H26F3N3O. The van der Waals surface area contributed by atoms with E-state index in [2.05, 4.69) is 27.2 Å². The lowest BCUT2D eigenvalue weighted by molar-refractivity contribution is -0.137. The van der Waals surface area contributed by atoms with Crippen LogP contribution < -0.4 is 10.2 Å².